The van der Waals surface area contributed by atoms with Crippen molar-refractivity contribution in [1.82, 2.24) is 0 Å². The van der Waals surface area contributed by atoms with Gasteiger partial charge in [0.25, 0.3) is 0 Å². The quantitative estimate of drug-likeness (QED) is 0.842. The lowest BCUT2D eigenvalue weighted by atomic mass is 9.62. The average molecular weight is 318 g/mol. The Morgan fingerprint density at radius 2 is 1.82 bits per heavy atom. The Morgan fingerprint density at radius 1 is 1.14 bits per heavy atom. The molecule has 1 aromatic rings. The van der Waals surface area contributed by atoms with E-state index in [0.29, 0.717) is 22.5 Å². The van der Waals surface area contributed by atoms with Gasteiger partial charge in [-0.15, -0.1) is 0 Å². The Labute approximate surface area is 133 Å². The molecule has 5 heteroatoms. The van der Waals surface area contributed by atoms with E-state index in [0.717, 1.165) is 6.42 Å². The van der Waals surface area contributed by atoms with Gasteiger partial charge in [-0.05, 0) is 48.3 Å². The van der Waals surface area contributed by atoms with E-state index in [9.17, 15) is 14.7 Å². The normalized spacial score (nSPS) is 37.5. The van der Waals surface area contributed by atoms with Crippen molar-refractivity contribution in [3.05, 3.63) is 41.4 Å². The summed E-state index contributed by atoms with van der Waals surface area (Å²) in [6.07, 6.45) is 5.12. The maximum absolute atomic E-state index is 12.7. The lowest BCUT2D eigenvalue weighted by molar-refractivity contribution is -0.152. The molecule has 5 rings (SSSR count). The maximum atomic E-state index is 12.7. The molecular weight excluding hydrogens is 302 g/mol. The molecule has 0 radical (unpaired) electrons. The van der Waals surface area contributed by atoms with Crippen LogP contribution in [0.1, 0.15) is 6.42 Å². The molecule has 0 heterocycles. The first kappa shape index (κ1) is 13.8. The fourth-order valence-corrected chi connectivity index (χ4v) is 4.55. The third kappa shape index (κ3) is 2.05. The number of amides is 1. The standard InChI is InChI=1S/C17H16ClNO3/c18-8-2-1-3-9(6-8)19-16(20)14-10-4-5-11(13-7-12(10)13)15(14)17(21)22/h1-6,10-15H,7H2,(H,19,20)(H,21,22)/t10-,11-,12-,13-,14+,15+/m0/s1. The number of carbonyl (C=O) groups is 2. The summed E-state index contributed by atoms with van der Waals surface area (Å²) in [6, 6.07) is 6.93. The topological polar surface area (TPSA) is 66.4 Å². The van der Waals surface area contributed by atoms with Crippen LogP contribution in [-0.4, -0.2) is 17.0 Å². The zero-order chi connectivity index (χ0) is 15.4. The molecule has 0 aromatic heterocycles. The van der Waals surface area contributed by atoms with Crippen molar-refractivity contribution < 1.29 is 14.7 Å². The number of nitrogens with one attached hydrogen (secondary N) is 1. The lowest BCUT2D eigenvalue weighted by Gasteiger charge is -2.41. The monoisotopic (exact) mass is 317 g/mol. The molecule has 0 saturated heterocycles. The number of halogens is 1. The summed E-state index contributed by atoms with van der Waals surface area (Å²) in [5.41, 5.74) is 0.611. The predicted octanol–water partition coefficient (Wildman–Crippen LogP) is 3.05. The first-order chi connectivity index (χ1) is 10.6. The molecule has 2 N–H and O–H groups in total. The molecule has 2 bridgehead atoms. The summed E-state index contributed by atoms with van der Waals surface area (Å²) in [5.74, 6) is -1.17. The predicted molar refractivity (Wildman–Crippen MR) is 82.4 cm³/mol. The van der Waals surface area contributed by atoms with E-state index < -0.39 is 17.8 Å². The van der Waals surface area contributed by atoms with Gasteiger partial charge in [0.1, 0.15) is 0 Å². The van der Waals surface area contributed by atoms with E-state index in [2.05, 4.69) is 11.4 Å². The smallest absolute Gasteiger partial charge is 0.307 e. The molecule has 2 fully saturated rings. The minimum absolute atomic E-state index is 0.00242. The van der Waals surface area contributed by atoms with Crippen LogP contribution in [0.3, 0.4) is 0 Å². The number of anilines is 1. The van der Waals surface area contributed by atoms with Crippen LogP contribution >= 0.6 is 11.6 Å². The van der Waals surface area contributed by atoms with Crippen molar-refractivity contribution >= 4 is 29.2 Å². The number of carboxylic acids is 1. The molecule has 22 heavy (non-hydrogen) atoms. The van der Waals surface area contributed by atoms with Crippen LogP contribution < -0.4 is 5.32 Å². The van der Waals surface area contributed by atoms with Gasteiger partial charge in [-0.3, -0.25) is 9.59 Å². The van der Waals surface area contributed by atoms with Crippen molar-refractivity contribution in [3.63, 3.8) is 0 Å². The van der Waals surface area contributed by atoms with E-state index >= 15 is 0 Å². The highest BCUT2D eigenvalue weighted by Crippen LogP contribution is 2.63. The third-order valence-electron chi connectivity index (χ3n) is 5.33. The number of rotatable bonds is 3. The molecule has 114 valence electrons. The molecule has 4 aliphatic rings. The second-order valence-corrected chi connectivity index (χ2v) is 6.93. The SMILES string of the molecule is O=C(O)[C@@H]1[C@H]2C=C[C@@H]([C@@H]3C[C@@H]23)[C@H]1C(=O)Nc1cccc(Cl)c1. The first-order valence-corrected chi connectivity index (χ1v) is 7.91. The number of allylic oxidation sites excluding steroid dienone is 2. The highest BCUT2D eigenvalue weighted by molar-refractivity contribution is 6.30. The van der Waals surface area contributed by atoms with Crippen LogP contribution in [0.25, 0.3) is 0 Å². The molecule has 0 unspecified atom stereocenters. The van der Waals surface area contributed by atoms with Gasteiger partial charge in [-0.1, -0.05) is 29.8 Å². The molecule has 1 amide bonds. The molecule has 4 nitrogen and oxygen atoms in total. The molecular formula is C17H16ClNO3. The lowest BCUT2D eigenvalue weighted by Crippen LogP contribution is -2.48. The van der Waals surface area contributed by atoms with Crippen LogP contribution in [0.4, 0.5) is 5.69 Å². The molecule has 6 atom stereocenters. The second kappa shape index (κ2) is 4.85. The largest absolute Gasteiger partial charge is 0.481 e. The number of aliphatic carboxylic acids is 1. The number of carbonyl (C=O) groups excluding carboxylic acids is 1. The summed E-state index contributed by atoms with van der Waals surface area (Å²) < 4.78 is 0. The number of hydrogen-bond acceptors (Lipinski definition) is 2. The zero-order valence-corrected chi connectivity index (χ0v) is 12.5. The van der Waals surface area contributed by atoms with Gasteiger partial charge in [0.15, 0.2) is 0 Å². The van der Waals surface area contributed by atoms with E-state index in [-0.39, 0.29) is 17.7 Å². The van der Waals surface area contributed by atoms with Gasteiger partial charge in [0.05, 0.1) is 11.8 Å². The van der Waals surface area contributed by atoms with E-state index in [1.807, 2.05) is 6.08 Å². The van der Waals surface area contributed by atoms with Crippen molar-refractivity contribution in [2.75, 3.05) is 5.32 Å². The van der Waals surface area contributed by atoms with Gasteiger partial charge in [-0.2, -0.15) is 0 Å². The fourth-order valence-electron chi connectivity index (χ4n) is 4.36. The van der Waals surface area contributed by atoms with Crippen LogP contribution in [0.2, 0.25) is 5.02 Å². The average Bonchev–Trinajstić information content (AvgIpc) is 3.28. The van der Waals surface area contributed by atoms with Crippen molar-refractivity contribution in [2.24, 2.45) is 35.5 Å². The fraction of sp³-hybridized carbons (Fsp3) is 0.412. The molecule has 0 aliphatic heterocycles. The van der Waals surface area contributed by atoms with Crippen LogP contribution in [0.15, 0.2) is 36.4 Å². The number of hydrogen-bond donors (Lipinski definition) is 2. The summed E-state index contributed by atoms with van der Waals surface area (Å²) in [7, 11) is 0. The van der Waals surface area contributed by atoms with E-state index in [4.69, 9.17) is 11.6 Å². The first-order valence-electron chi connectivity index (χ1n) is 7.54. The highest BCUT2D eigenvalue weighted by atomic mass is 35.5. The summed E-state index contributed by atoms with van der Waals surface area (Å²) in [6.45, 7) is 0. The van der Waals surface area contributed by atoms with Gasteiger partial charge < -0.3 is 10.4 Å². The van der Waals surface area contributed by atoms with Crippen LogP contribution in [0, 0.1) is 35.5 Å². The number of benzene rings is 1. The maximum Gasteiger partial charge on any atom is 0.307 e. The molecule has 2 saturated carbocycles. The van der Waals surface area contributed by atoms with Crippen LogP contribution in [0.5, 0.6) is 0 Å². The number of fused-ring (bicyclic) bond motifs is 1. The Hall–Kier alpha value is -1.81. The minimum atomic E-state index is -0.865. The van der Waals surface area contributed by atoms with Crippen LogP contribution in [-0.2, 0) is 9.59 Å². The summed E-state index contributed by atoms with van der Waals surface area (Å²) in [5, 5.41) is 13.0. The zero-order valence-electron chi connectivity index (χ0n) is 11.8. The van der Waals surface area contributed by atoms with Gasteiger partial charge >= 0.3 is 5.97 Å². The van der Waals surface area contributed by atoms with E-state index in [1.54, 1.807) is 24.3 Å². The van der Waals surface area contributed by atoms with Crippen molar-refractivity contribution in [2.45, 2.75) is 6.42 Å². The van der Waals surface area contributed by atoms with Gasteiger partial charge in [0.2, 0.25) is 5.91 Å². The Kier molecular flexibility index (Phi) is 3.05. The minimum Gasteiger partial charge on any atom is -0.481 e. The molecule has 4 aliphatic carbocycles. The third-order valence-corrected chi connectivity index (χ3v) is 5.57. The summed E-state index contributed by atoms with van der Waals surface area (Å²) in [4.78, 5) is 24.4. The Balaban J connectivity index is 1.61. The molecule has 1 aromatic carbocycles. The van der Waals surface area contributed by atoms with Crippen molar-refractivity contribution in [3.8, 4) is 0 Å². The van der Waals surface area contributed by atoms with Gasteiger partial charge in [-0.25, -0.2) is 0 Å². The Bertz CT molecular complexity index is 686. The molecule has 0 spiro atoms. The summed E-state index contributed by atoms with van der Waals surface area (Å²) >= 11 is 5.93. The van der Waals surface area contributed by atoms with Gasteiger partial charge in [0, 0.05) is 10.7 Å². The Morgan fingerprint density at radius 3 is 2.45 bits per heavy atom. The second-order valence-electron chi connectivity index (χ2n) is 6.49. The number of carboxylic acid groups (broad SMARTS) is 1. The van der Waals surface area contributed by atoms with E-state index in [1.165, 1.54) is 0 Å². The highest BCUT2D eigenvalue weighted by Gasteiger charge is 2.62. The van der Waals surface area contributed by atoms with Crippen molar-refractivity contribution in [1.29, 1.82) is 0 Å².